The minimum Gasteiger partial charge on any atom is -0.480 e. The molecule has 2 fully saturated rings. The van der Waals surface area contributed by atoms with Gasteiger partial charge in [0.1, 0.15) is 12.4 Å². The summed E-state index contributed by atoms with van der Waals surface area (Å²) in [5.41, 5.74) is 0. The van der Waals surface area contributed by atoms with Crippen LogP contribution in [0.4, 0.5) is 0 Å². The second-order valence-electron chi connectivity index (χ2n) is 7.12. The second kappa shape index (κ2) is 9.92. The first-order valence-electron chi connectivity index (χ1n) is 9.17. The number of piperidine rings is 1. The van der Waals surface area contributed by atoms with Gasteiger partial charge in [-0.1, -0.05) is 0 Å². The summed E-state index contributed by atoms with van der Waals surface area (Å²) in [4.78, 5) is 31.3. The molecule has 0 aromatic carbocycles. The number of amides is 1. The molecule has 0 radical (unpaired) electrons. The molecular formula is C18H29ClN4O3. The van der Waals surface area contributed by atoms with Crippen molar-refractivity contribution < 1.29 is 14.7 Å². The quantitative estimate of drug-likeness (QED) is 0.757. The number of aryl methyl sites for hydroxylation is 1. The summed E-state index contributed by atoms with van der Waals surface area (Å²) in [6, 6.07) is 0.554. The van der Waals surface area contributed by atoms with Gasteiger partial charge >= 0.3 is 5.97 Å². The van der Waals surface area contributed by atoms with Gasteiger partial charge in [0.05, 0.1) is 0 Å². The first-order valence-corrected chi connectivity index (χ1v) is 9.60. The zero-order valence-corrected chi connectivity index (χ0v) is 16.4. The maximum atomic E-state index is 12.3. The standard InChI is InChI=1S/C15H24N4O3.C3H5Cl/c1-17(2)12-5-8-18(9-6-12)14(20)4-3-13-16-7-10-19(13)11-15(21)22;4-3-1-2-3/h7,10,12H,3-6,8-9,11H2,1-2H3,(H,21,22);3H,1-2H2. The summed E-state index contributed by atoms with van der Waals surface area (Å²) in [5.74, 6) is -0.127. The van der Waals surface area contributed by atoms with Gasteiger partial charge < -0.3 is 19.5 Å². The third kappa shape index (κ3) is 6.96. The maximum Gasteiger partial charge on any atom is 0.323 e. The van der Waals surface area contributed by atoms with Gasteiger partial charge in [-0.15, -0.1) is 11.6 Å². The number of likely N-dealkylation sites (tertiary alicyclic amines) is 1. The Morgan fingerprint density at radius 1 is 1.27 bits per heavy atom. The maximum absolute atomic E-state index is 12.3. The van der Waals surface area contributed by atoms with E-state index in [2.05, 4.69) is 24.0 Å². The van der Waals surface area contributed by atoms with E-state index >= 15 is 0 Å². The number of aliphatic carboxylic acids is 1. The summed E-state index contributed by atoms with van der Waals surface area (Å²) in [6.45, 7) is 1.48. The number of carboxylic acids is 1. The molecule has 3 rings (SSSR count). The van der Waals surface area contributed by atoms with Crippen LogP contribution in [0.3, 0.4) is 0 Å². The van der Waals surface area contributed by atoms with E-state index in [1.807, 2.05) is 4.90 Å². The number of imidazole rings is 1. The van der Waals surface area contributed by atoms with Crippen LogP contribution < -0.4 is 0 Å². The molecule has 1 aromatic heterocycles. The number of carbonyl (C=O) groups excluding carboxylic acids is 1. The number of rotatable bonds is 6. The van der Waals surface area contributed by atoms with Crippen molar-refractivity contribution in [3.8, 4) is 0 Å². The molecule has 0 atom stereocenters. The molecule has 1 aromatic rings. The number of hydrogen-bond donors (Lipinski definition) is 1. The molecule has 1 saturated carbocycles. The van der Waals surface area contributed by atoms with E-state index < -0.39 is 5.97 Å². The van der Waals surface area contributed by atoms with Crippen molar-refractivity contribution in [1.29, 1.82) is 0 Å². The lowest BCUT2D eigenvalue weighted by Crippen LogP contribution is -2.44. The lowest BCUT2D eigenvalue weighted by Gasteiger charge is -2.35. The van der Waals surface area contributed by atoms with E-state index in [0.717, 1.165) is 25.9 Å². The monoisotopic (exact) mass is 384 g/mol. The lowest BCUT2D eigenvalue weighted by atomic mass is 10.0. The van der Waals surface area contributed by atoms with E-state index in [1.54, 1.807) is 17.0 Å². The Morgan fingerprint density at radius 3 is 2.38 bits per heavy atom. The van der Waals surface area contributed by atoms with Gasteiger partial charge in [0.2, 0.25) is 5.91 Å². The van der Waals surface area contributed by atoms with Crippen molar-refractivity contribution in [3.63, 3.8) is 0 Å². The van der Waals surface area contributed by atoms with Crippen LogP contribution in [0.15, 0.2) is 12.4 Å². The van der Waals surface area contributed by atoms with Gasteiger partial charge in [-0.05, 0) is 39.8 Å². The van der Waals surface area contributed by atoms with Crippen molar-refractivity contribution in [3.05, 3.63) is 18.2 Å². The summed E-state index contributed by atoms with van der Waals surface area (Å²) in [7, 11) is 4.15. The van der Waals surface area contributed by atoms with Gasteiger partial charge in [0.15, 0.2) is 0 Å². The Balaban J connectivity index is 0.000000534. The molecule has 1 amide bonds. The van der Waals surface area contributed by atoms with Crippen molar-refractivity contribution in [2.24, 2.45) is 0 Å². The highest BCUT2D eigenvalue weighted by atomic mass is 35.5. The van der Waals surface area contributed by atoms with Crippen LogP contribution in [0.2, 0.25) is 0 Å². The normalized spacial score (nSPS) is 17.8. The molecule has 1 N–H and O–H groups in total. The van der Waals surface area contributed by atoms with E-state index in [0.29, 0.717) is 30.1 Å². The van der Waals surface area contributed by atoms with Gasteiger partial charge in [-0.3, -0.25) is 9.59 Å². The summed E-state index contributed by atoms with van der Waals surface area (Å²) < 4.78 is 1.58. The minimum atomic E-state index is -0.906. The van der Waals surface area contributed by atoms with Crippen LogP contribution >= 0.6 is 11.6 Å². The Kier molecular flexibility index (Phi) is 7.90. The smallest absolute Gasteiger partial charge is 0.323 e. The summed E-state index contributed by atoms with van der Waals surface area (Å²) in [6.07, 6.45) is 8.58. The van der Waals surface area contributed by atoms with Gasteiger partial charge in [-0.25, -0.2) is 4.98 Å². The zero-order valence-electron chi connectivity index (χ0n) is 15.6. The first-order chi connectivity index (χ1) is 12.4. The SMILES string of the molecule is CN(C)C1CCN(C(=O)CCc2nccn2CC(=O)O)CC1.ClC1CC1. The fraction of sp³-hybridized carbons (Fsp3) is 0.722. The molecule has 0 bridgehead atoms. The number of hydrogen-bond acceptors (Lipinski definition) is 4. The topological polar surface area (TPSA) is 78.7 Å². The molecule has 0 spiro atoms. The molecule has 0 unspecified atom stereocenters. The third-order valence-corrected chi connectivity index (χ3v) is 5.16. The summed E-state index contributed by atoms with van der Waals surface area (Å²) in [5, 5.41) is 9.39. The van der Waals surface area contributed by atoms with Crippen LogP contribution in [0.25, 0.3) is 0 Å². The molecular weight excluding hydrogens is 356 g/mol. The van der Waals surface area contributed by atoms with Gasteiger partial charge in [-0.2, -0.15) is 0 Å². The number of carbonyl (C=O) groups is 2. The van der Waals surface area contributed by atoms with E-state index in [1.165, 1.54) is 12.8 Å². The number of nitrogens with zero attached hydrogens (tertiary/aromatic N) is 4. The van der Waals surface area contributed by atoms with Crippen molar-refractivity contribution >= 4 is 23.5 Å². The van der Waals surface area contributed by atoms with Crippen LogP contribution in [0, 0.1) is 0 Å². The first kappa shape index (κ1) is 20.7. The zero-order chi connectivity index (χ0) is 19.1. The number of aromatic nitrogens is 2. The predicted octanol–water partition coefficient (Wildman–Crippen LogP) is 1.84. The van der Waals surface area contributed by atoms with Gasteiger partial charge in [0, 0.05) is 49.7 Å². The average Bonchev–Trinajstić information content (AvgIpc) is 3.26. The Hall–Kier alpha value is -1.60. The lowest BCUT2D eigenvalue weighted by molar-refractivity contribution is -0.137. The molecule has 146 valence electrons. The third-order valence-electron chi connectivity index (χ3n) is 4.72. The van der Waals surface area contributed by atoms with Crippen molar-refractivity contribution in [2.75, 3.05) is 27.2 Å². The number of carboxylic acid groups (broad SMARTS) is 1. The van der Waals surface area contributed by atoms with E-state index in [4.69, 9.17) is 16.7 Å². The van der Waals surface area contributed by atoms with Crippen LogP contribution in [0.1, 0.15) is 37.9 Å². The van der Waals surface area contributed by atoms with Crippen LogP contribution in [-0.2, 0) is 22.6 Å². The highest BCUT2D eigenvalue weighted by molar-refractivity contribution is 6.22. The summed E-state index contributed by atoms with van der Waals surface area (Å²) >= 11 is 5.39. The van der Waals surface area contributed by atoms with Crippen molar-refractivity contribution in [2.45, 2.75) is 56.5 Å². The molecule has 1 aliphatic heterocycles. The Labute approximate surface area is 159 Å². The molecule has 2 aliphatic rings. The molecule has 1 aliphatic carbocycles. The van der Waals surface area contributed by atoms with E-state index in [9.17, 15) is 9.59 Å². The van der Waals surface area contributed by atoms with Crippen molar-refractivity contribution in [1.82, 2.24) is 19.4 Å². The van der Waals surface area contributed by atoms with Crippen LogP contribution in [0.5, 0.6) is 0 Å². The molecule has 26 heavy (non-hydrogen) atoms. The second-order valence-corrected chi connectivity index (χ2v) is 7.73. The molecule has 7 nitrogen and oxygen atoms in total. The molecule has 1 saturated heterocycles. The number of halogens is 1. The minimum absolute atomic E-state index is 0.113. The Bertz CT molecular complexity index is 593. The fourth-order valence-electron chi connectivity index (χ4n) is 2.93. The fourth-order valence-corrected chi connectivity index (χ4v) is 3.06. The van der Waals surface area contributed by atoms with E-state index in [-0.39, 0.29) is 12.5 Å². The molecule has 8 heteroatoms. The Morgan fingerprint density at radius 2 is 1.88 bits per heavy atom. The molecule has 2 heterocycles. The van der Waals surface area contributed by atoms with Crippen LogP contribution in [-0.4, -0.2) is 74.9 Å². The van der Waals surface area contributed by atoms with Gasteiger partial charge in [0.25, 0.3) is 0 Å². The number of alkyl halides is 1. The highest BCUT2D eigenvalue weighted by Gasteiger charge is 2.23. The average molecular weight is 385 g/mol. The predicted molar refractivity (Wildman–Crippen MR) is 100 cm³/mol. The largest absolute Gasteiger partial charge is 0.480 e. The highest BCUT2D eigenvalue weighted by Crippen LogP contribution is 2.25.